The highest BCUT2D eigenvalue weighted by Crippen LogP contribution is 2.22. The molecule has 1 N–H and O–H groups in total. The van der Waals surface area contributed by atoms with Gasteiger partial charge in [0.05, 0.1) is 0 Å². The highest BCUT2D eigenvalue weighted by molar-refractivity contribution is 5.98. The first-order chi connectivity index (χ1) is 14.1. The Morgan fingerprint density at radius 1 is 1.17 bits per heavy atom. The fourth-order valence-corrected chi connectivity index (χ4v) is 4.54. The molecule has 4 heteroatoms. The van der Waals surface area contributed by atoms with Crippen molar-refractivity contribution in [2.75, 3.05) is 26.2 Å². The van der Waals surface area contributed by atoms with Crippen molar-refractivity contribution >= 4 is 16.8 Å². The molecule has 152 valence electrons. The fourth-order valence-electron chi connectivity index (χ4n) is 4.54. The van der Waals surface area contributed by atoms with Crippen molar-refractivity contribution in [3.05, 3.63) is 71.4 Å². The number of nitrogens with one attached hydrogen (secondary N) is 1. The summed E-state index contributed by atoms with van der Waals surface area (Å²) in [5.41, 5.74) is 4.42. The summed E-state index contributed by atoms with van der Waals surface area (Å²) in [7, 11) is 0. The maximum atomic E-state index is 13.1. The first-order valence-corrected chi connectivity index (χ1v) is 10.8. The molecule has 0 radical (unpaired) electrons. The Labute approximate surface area is 173 Å². The van der Waals surface area contributed by atoms with E-state index in [0.717, 1.165) is 43.6 Å². The van der Waals surface area contributed by atoms with Gasteiger partial charge in [-0.1, -0.05) is 48.0 Å². The molecule has 4 nitrogen and oxygen atoms in total. The van der Waals surface area contributed by atoms with Gasteiger partial charge in [0.1, 0.15) is 5.69 Å². The Bertz CT molecular complexity index is 944. The smallest absolute Gasteiger partial charge is 0.270 e. The van der Waals surface area contributed by atoms with Gasteiger partial charge in [-0.3, -0.25) is 9.69 Å². The number of fused-ring (bicyclic) bond motifs is 1. The minimum Gasteiger partial charge on any atom is -0.351 e. The first kappa shape index (κ1) is 19.7. The second-order valence-electron chi connectivity index (χ2n) is 8.35. The molecule has 0 bridgehead atoms. The molecule has 0 spiro atoms. The van der Waals surface area contributed by atoms with E-state index in [1.807, 2.05) is 35.2 Å². The number of para-hydroxylation sites is 1. The largest absolute Gasteiger partial charge is 0.351 e. The first-order valence-electron chi connectivity index (χ1n) is 10.8. The third-order valence-corrected chi connectivity index (χ3v) is 6.00. The molecule has 1 unspecified atom stereocenters. The van der Waals surface area contributed by atoms with Gasteiger partial charge in [0.2, 0.25) is 0 Å². The van der Waals surface area contributed by atoms with E-state index in [9.17, 15) is 4.79 Å². The highest BCUT2D eigenvalue weighted by Gasteiger charge is 2.25. The van der Waals surface area contributed by atoms with Crippen LogP contribution in [0.4, 0.5) is 0 Å². The molecule has 0 aliphatic carbocycles. The number of aryl methyl sites for hydroxylation is 1. The number of carbonyl (C=O) groups is 1. The molecular weight excluding hydrogens is 358 g/mol. The summed E-state index contributed by atoms with van der Waals surface area (Å²) in [5.74, 6) is 0.640. The van der Waals surface area contributed by atoms with Crippen LogP contribution in [0.5, 0.6) is 0 Å². The topological polar surface area (TPSA) is 39.3 Å². The van der Waals surface area contributed by atoms with E-state index >= 15 is 0 Å². The summed E-state index contributed by atoms with van der Waals surface area (Å²) in [6.07, 6.45) is 2.40. The summed E-state index contributed by atoms with van der Waals surface area (Å²) in [5, 5.41) is 1.09. The Hall–Kier alpha value is -2.59. The van der Waals surface area contributed by atoms with Gasteiger partial charge >= 0.3 is 0 Å². The normalized spacial score (nSPS) is 17.5. The monoisotopic (exact) mass is 389 g/mol. The van der Waals surface area contributed by atoms with Crippen molar-refractivity contribution in [3.8, 4) is 0 Å². The summed E-state index contributed by atoms with van der Waals surface area (Å²) >= 11 is 0. The molecule has 1 amide bonds. The fraction of sp³-hybridized carbons (Fsp3) is 0.400. The van der Waals surface area contributed by atoms with Crippen molar-refractivity contribution in [1.29, 1.82) is 0 Å². The predicted molar refractivity (Wildman–Crippen MR) is 119 cm³/mol. The van der Waals surface area contributed by atoms with Crippen LogP contribution in [-0.4, -0.2) is 46.9 Å². The van der Waals surface area contributed by atoms with E-state index in [2.05, 4.69) is 48.0 Å². The molecule has 4 rings (SSSR count). The van der Waals surface area contributed by atoms with Gasteiger partial charge in [0, 0.05) is 37.1 Å². The second-order valence-corrected chi connectivity index (χ2v) is 8.35. The van der Waals surface area contributed by atoms with Gasteiger partial charge in [-0.25, -0.2) is 0 Å². The Morgan fingerprint density at radius 3 is 2.83 bits per heavy atom. The molecule has 2 heterocycles. The number of likely N-dealkylation sites (tertiary alicyclic amines) is 1. The maximum absolute atomic E-state index is 13.1. The molecule has 1 aliphatic rings. The van der Waals surface area contributed by atoms with Crippen LogP contribution in [0, 0.1) is 12.8 Å². The van der Waals surface area contributed by atoms with Crippen molar-refractivity contribution in [3.63, 3.8) is 0 Å². The van der Waals surface area contributed by atoms with E-state index in [0.29, 0.717) is 11.6 Å². The predicted octanol–water partition coefficient (Wildman–Crippen LogP) is 4.85. The van der Waals surface area contributed by atoms with Crippen LogP contribution in [0.2, 0.25) is 0 Å². The Balaban J connectivity index is 1.40. The van der Waals surface area contributed by atoms with E-state index in [-0.39, 0.29) is 5.91 Å². The number of amides is 1. The second kappa shape index (κ2) is 8.83. The molecule has 1 atom stereocenters. The number of hydrogen-bond donors (Lipinski definition) is 1. The molecular formula is C25H31N3O. The minimum atomic E-state index is 0.111. The van der Waals surface area contributed by atoms with Crippen molar-refractivity contribution in [2.45, 2.75) is 33.2 Å². The minimum absolute atomic E-state index is 0.111. The average molecular weight is 390 g/mol. The van der Waals surface area contributed by atoms with Gasteiger partial charge in [-0.05, 0) is 56.8 Å². The summed E-state index contributed by atoms with van der Waals surface area (Å²) in [4.78, 5) is 21.0. The van der Waals surface area contributed by atoms with Crippen LogP contribution in [0.1, 0.15) is 41.4 Å². The van der Waals surface area contributed by atoms with Gasteiger partial charge < -0.3 is 9.88 Å². The lowest BCUT2D eigenvalue weighted by Gasteiger charge is -2.35. The number of carbonyl (C=O) groups excluding carboxylic acids is 1. The summed E-state index contributed by atoms with van der Waals surface area (Å²) < 4.78 is 0. The van der Waals surface area contributed by atoms with Crippen LogP contribution >= 0.6 is 0 Å². The standard InChI is InChI=1S/C25H31N3O/c1-3-28(25(29)24-15-22-11-4-5-12-23(22)26-24)18-21-10-7-13-27(17-21)16-20-9-6-8-19(2)14-20/h4-6,8-9,11-12,14-15,21,26H,3,7,10,13,16-18H2,1-2H3. The highest BCUT2D eigenvalue weighted by atomic mass is 16.2. The van der Waals surface area contributed by atoms with Crippen LogP contribution in [0.3, 0.4) is 0 Å². The molecule has 2 aromatic carbocycles. The number of benzene rings is 2. The van der Waals surface area contributed by atoms with Crippen LogP contribution in [-0.2, 0) is 6.54 Å². The lowest BCUT2D eigenvalue weighted by atomic mass is 9.96. The molecule has 1 aliphatic heterocycles. The van der Waals surface area contributed by atoms with Crippen molar-refractivity contribution in [1.82, 2.24) is 14.8 Å². The zero-order chi connectivity index (χ0) is 20.2. The molecule has 1 fully saturated rings. The van der Waals surface area contributed by atoms with Crippen molar-refractivity contribution in [2.24, 2.45) is 5.92 Å². The maximum Gasteiger partial charge on any atom is 0.270 e. The number of rotatable bonds is 6. The molecule has 3 aromatic rings. The molecule has 0 saturated carbocycles. The number of aromatic amines is 1. The van der Waals surface area contributed by atoms with Crippen molar-refractivity contribution < 1.29 is 4.79 Å². The number of aromatic nitrogens is 1. The average Bonchev–Trinajstić information content (AvgIpc) is 3.16. The summed E-state index contributed by atoms with van der Waals surface area (Å²) in [6.45, 7) is 9.00. The Morgan fingerprint density at radius 2 is 2.03 bits per heavy atom. The Kier molecular flexibility index (Phi) is 6.00. The lowest BCUT2D eigenvalue weighted by molar-refractivity contribution is 0.0680. The van der Waals surface area contributed by atoms with E-state index in [4.69, 9.17) is 0 Å². The van der Waals surface area contributed by atoms with Gasteiger partial charge in [0.25, 0.3) is 5.91 Å². The number of nitrogens with zero attached hydrogens (tertiary/aromatic N) is 2. The van der Waals surface area contributed by atoms with Gasteiger partial charge in [0.15, 0.2) is 0 Å². The van der Waals surface area contributed by atoms with E-state index in [1.165, 1.54) is 24.0 Å². The van der Waals surface area contributed by atoms with Crippen LogP contribution in [0.25, 0.3) is 10.9 Å². The van der Waals surface area contributed by atoms with Crippen LogP contribution in [0.15, 0.2) is 54.6 Å². The third kappa shape index (κ3) is 4.70. The van der Waals surface area contributed by atoms with E-state index in [1.54, 1.807) is 0 Å². The number of piperidine rings is 1. The van der Waals surface area contributed by atoms with Gasteiger partial charge in [-0.15, -0.1) is 0 Å². The quantitative estimate of drug-likeness (QED) is 0.654. The summed E-state index contributed by atoms with van der Waals surface area (Å²) in [6, 6.07) is 18.8. The van der Waals surface area contributed by atoms with Crippen LogP contribution < -0.4 is 0 Å². The number of hydrogen-bond acceptors (Lipinski definition) is 2. The number of H-pyrrole nitrogens is 1. The lowest BCUT2D eigenvalue weighted by Crippen LogP contribution is -2.42. The SMILES string of the molecule is CCN(CC1CCCN(Cc2cccc(C)c2)C1)C(=O)c1cc2ccccc2[nH]1. The zero-order valence-electron chi connectivity index (χ0n) is 17.5. The molecule has 1 saturated heterocycles. The third-order valence-electron chi connectivity index (χ3n) is 6.00. The van der Waals surface area contributed by atoms with Gasteiger partial charge in [-0.2, -0.15) is 0 Å². The zero-order valence-corrected chi connectivity index (χ0v) is 17.5. The molecule has 29 heavy (non-hydrogen) atoms. The molecule has 1 aromatic heterocycles. The van der Waals surface area contributed by atoms with E-state index < -0.39 is 0 Å².